The van der Waals surface area contributed by atoms with Crippen LogP contribution in [0.5, 0.6) is 0 Å². The Morgan fingerprint density at radius 2 is 1.86 bits per heavy atom. The molecular formula is C18H18ClNO8S. The van der Waals surface area contributed by atoms with Crippen LogP contribution in [-0.2, 0) is 30.8 Å². The molecule has 0 N–H and O–H groups in total. The van der Waals surface area contributed by atoms with E-state index in [0.29, 0.717) is 13.2 Å². The first-order valence-corrected chi connectivity index (χ1v) is 10.4. The number of carbonyl (C=O) groups is 2. The van der Waals surface area contributed by atoms with Crippen molar-refractivity contribution in [3.05, 3.63) is 52.4 Å². The lowest BCUT2D eigenvalue weighted by molar-refractivity contribution is 0.0438. The van der Waals surface area contributed by atoms with E-state index in [2.05, 4.69) is 4.74 Å². The lowest BCUT2D eigenvalue weighted by Gasteiger charge is -2.26. The molecule has 0 atom stereocenters. The molecule has 156 valence electrons. The fourth-order valence-electron chi connectivity index (χ4n) is 2.64. The van der Waals surface area contributed by atoms with Crippen LogP contribution in [0.2, 0.25) is 5.02 Å². The average molecular weight is 444 g/mol. The van der Waals surface area contributed by atoms with Gasteiger partial charge in [0.1, 0.15) is 12.4 Å². The van der Waals surface area contributed by atoms with Crippen LogP contribution < -0.4 is 0 Å². The van der Waals surface area contributed by atoms with Gasteiger partial charge in [0.25, 0.3) is 0 Å². The van der Waals surface area contributed by atoms with E-state index >= 15 is 0 Å². The van der Waals surface area contributed by atoms with Crippen LogP contribution in [-0.4, -0.2) is 58.1 Å². The molecule has 2 aromatic rings. The molecule has 1 aliphatic rings. The second kappa shape index (κ2) is 8.95. The Morgan fingerprint density at radius 3 is 2.55 bits per heavy atom. The number of benzene rings is 1. The quantitative estimate of drug-likeness (QED) is 0.624. The molecule has 0 bridgehead atoms. The van der Waals surface area contributed by atoms with Crippen molar-refractivity contribution in [3.8, 4) is 0 Å². The summed E-state index contributed by atoms with van der Waals surface area (Å²) in [5.74, 6) is -1.31. The van der Waals surface area contributed by atoms with Gasteiger partial charge in [-0.05, 0) is 30.3 Å². The van der Waals surface area contributed by atoms with Crippen molar-refractivity contribution in [2.24, 2.45) is 0 Å². The first-order valence-electron chi connectivity index (χ1n) is 8.54. The number of esters is 2. The van der Waals surface area contributed by atoms with E-state index in [9.17, 15) is 18.0 Å². The molecule has 0 saturated carbocycles. The minimum atomic E-state index is -3.79. The fraction of sp³-hybridized carbons (Fsp3) is 0.333. The Morgan fingerprint density at radius 1 is 1.14 bits per heavy atom. The molecule has 1 aliphatic heterocycles. The zero-order chi connectivity index (χ0) is 21.0. The maximum atomic E-state index is 12.8. The summed E-state index contributed by atoms with van der Waals surface area (Å²) in [6.45, 7) is 0.793. The second-order valence-corrected chi connectivity index (χ2v) is 8.34. The molecule has 29 heavy (non-hydrogen) atoms. The molecule has 0 amide bonds. The summed E-state index contributed by atoms with van der Waals surface area (Å²) in [7, 11) is -2.58. The predicted molar refractivity (Wildman–Crippen MR) is 100 cm³/mol. The van der Waals surface area contributed by atoms with E-state index in [1.54, 1.807) is 0 Å². The predicted octanol–water partition coefficient (Wildman–Crippen LogP) is 2.10. The molecule has 9 nitrogen and oxygen atoms in total. The van der Waals surface area contributed by atoms with Crippen LogP contribution in [0.25, 0.3) is 0 Å². The highest BCUT2D eigenvalue weighted by molar-refractivity contribution is 7.89. The molecule has 0 unspecified atom stereocenters. The molecule has 3 rings (SSSR count). The topological polar surface area (TPSA) is 112 Å². The number of morpholine rings is 1. The molecule has 1 aromatic carbocycles. The van der Waals surface area contributed by atoms with E-state index in [4.69, 9.17) is 25.5 Å². The van der Waals surface area contributed by atoms with E-state index in [-0.39, 0.29) is 46.7 Å². The van der Waals surface area contributed by atoms with Crippen LogP contribution in [0.3, 0.4) is 0 Å². The van der Waals surface area contributed by atoms with Crippen molar-refractivity contribution in [2.75, 3.05) is 33.4 Å². The number of furan rings is 1. The zero-order valence-electron chi connectivity index (χ0n) is 15.4. The number of methoxy groups -OCH3 is 1. The average Bonchev–Trinajstić information content (AvgIpc) is 3.21. The third-order valence-corrected chi connectivity index (χ3v) is 6.38. The lowest BCUT2D eigenvalue weighted by Crippen LogP contribution is -2.40. The summed E-state index contributed by atoms with van der Waals surface area (Å²) < 4.78 is 46.9. The summed E-state index contributed by atoms with van der Waals surface area (Å²) >= 11 is 6.06. The van der Waals surface area contributed by atoms with Gasteiger partial charge in [0, 0.05) is 13.1 Å². The van der Waals surface area contributed by atoms with E-state index in [1.807, 2.05) is 0 Å². The third-order valence-electron chi connectivity index (χ3n) is 4.16. The number of halogens is 1. The Hall–Kier alpha value is -2.40. The Bertz CT molecular complexity index is 1010. The van der Waals surface area contributed by atoms with Crippen LogP contribution in [0.15, 0.2) is 39.6 Å². The van der Waals surface area contributed by atoms with Gasteiger partial charge in [-0.3, -0.25) is 0 Å². The Labute approximate surface area is 172 Å². The van der Waals surface area contributed by atoms with Crippen LogP contribution in [0.4, 0.5) is 0 Å². The van der Waals surface area contributed by atoms with Gasteiger partial charge in [-0.1, -0.05) is 11.6 Å². The van der Waals surface area contributed by atoms with Gasteiger partial charge in [0.15, 0.2) is 0 Å². The van der Waals surface area contributed by atoms with Crippen LogP contribution in [0.1, 0.15) is 26.7 Å². The molecule has 0 aliphatic carbocycles. The van der Waals surface area contributed by atoms with Gasteiger partial charge in [-0.2, -0.15) is 4.31 Å². The zero-order valence-corrected chi connectivity index (χ0v) is 17.0. The molecule has 1 fully saturated rings. The highest BCUT2D eigenvalue weighted by atomic mass is 35.5. The van der Waals surface area contributed by atoms with Gasteiger partial charge in [-0.25, -0.2) is 18.0 Å². The molecule has 1 aromatic heterocycles. The monoisotopic (exact) mass is 443 g/mol. The van der Waals surface area contributed by atoms with Crippen molar-refractivity contribution in [2.45, 2.75) is 11.5 Å². The molecule has 11 heteroatoms. The number of carbonyl (C=O) groups excluding carboxylic acids is 2. The third kappa shape index (κ3) is 4.78. The van der Waals surface area contributed by atoms with E-state index in [0.717, 1.165) is 0 Å². The number of rotatable bonds is 6. The fourth-order valence-corrected chi connectivity index (χ4v) is 4.27. The highest BCUT2D eigenvalue weighted by Crippen LogP contribution is 2.24. The van der Waals surface area contributed by atoms with Crippen LogP contribution in [0, 0.1) is 0 Å². The molecule has 1 saturated heterocycles. The highest BCUT2D eigenvalue weighted by Gasteiger charge is 2.28. The van der Waals surface area contributed by atoms with Gasteiger partial charge < -0.3 is 18.6 Å². The van der Waals surface area contributed by atoms with Gasteiger partial charge in [0.05, 0.1) is 35.8 Å². The Kier molecular flexibility index (Phi) is 6.58. The first-order chi connectivity index (χ1) is 13.8. The summed E-state index contributed by atoms with van der Waals surface area (Å²) in [5.41, 5.74) is -0.0965. The SMILES string of the molecule is COC(=O)c1ccc(COC(=O)c2cc(S(=O)(=O)N3CCOCC3)ccc2Cl)o1. The summed E-state index contributed by atoms with van der Waals surface area (Å²) in [6.07, 6.45) is 0. The normalized spacial score (nSPS) is 15.1. The maximum absolute atomic E-state index is 12.8. The van der Waals surface area contributed by atoms with E-state index < -0.39 is 22.0 Å². The Balaban J connectivity index is 1.74. The van der Waals surface area contributed by atoms with E-state index in [1.165, 1.54) is 41.7 Å². The van der Waals surface area contributed by atoms with Gasteiger partial charge >= 0.3 is 11.9 Å². The van der Waals surface area contributed by atoms with Gasteiger partial charge in [0.2, 0.25) is 15.8 Å². The first kappa shape index (κ1) is 21.3. The molecule has 2 heterocycles. The minimum Gasteiger partial charge on any atom is -0.463 e. The van der Waals surface area contributed by atoms with Crippen molar-refractivity contribution >= 4 is 33.6 Å². The largest absolute Gasteiger partial charge is 0.463 e. The van der Waals surface area contributed by atoms with Crippen molar-refractivity contribution in [3.63, 3.8) is 0 Å². The molecule has 0 radical (unpaired) electrons. The number of ether oxygens (including phenoxy) is 3. The standard InChI is InChI=1S/C18H18ClNO8S/c1-25-18(22)16-5-2-12(28-16)11-27-17(21)14-10-13(3-4-15(14)19)29(23,24)20-6-8-26-9-7-20/h2-5,10H,6-9,11H2,1H3. The number of sulfonamides is 1. The number of hydrogen-bond donors (Lipinski definition) is 0. The smallest absolute Gasteiger partial charge is 0.373 e. The molecular weight excluding hydrogens is 426 g/mol. The maximum Gasteiger partial charge on any atom is 0.373 e. The lowest BCUT2D eigenvalue weighted by atomic mass is 10.2. The molecule has 0 spiro atoms. The van der Waals surface area contributed by atoms with Crippen molar-refractivity contribution in [1.29, 1.82) is 0 Å². The van der Waals surface area contributed by atoms with Crippen molar-refractivity contribution < 1.29 is 36.6 Å². The number of hydrogen-bond acceptors (Lipinski definition) is 8. The minimum absolute atomic E-state index is 0.0322. The summed E-state index contributed by atoms with van der Waals surface area (Å²) in [5, 5.41) is 0.0469. The number of nitrogens with zero attached hydrogens (tertiary/aromatic N) is 1. The van der Waals surface area contributed by atoms with Crippen molar-refractivity contribution in [1.82, 2.24) is 4.31 Å². The summed E-state index contributed by atoms with van der Waals surface area (Å²) in [6, 6.07) is 6.68. The second-order valence-electron chi connectivity index (χ2n) is 5.99. The van der Waals surface area contributed by atoms with Gasteiger partial charge in [-0.15, -0.1) is 0 Å². The van der Waals surface area contributed by atoms with Crippen LogP contribution >= 0.6 is 11.6 Å². The summed E-state index contributed by atoms with van der Waals surface area (Å²) in [4.78, 5) is 23.7.